The van der Waals surface area contributed by atoms with E-state index in [2.05, 4.69) is 17.2 Å². The van der Waals surface area contributed by atoms with Gasteiger partial charge in [0.05, 0.1) is 6.04 Å². The second-order valence-corrected chi connectivity index (χ2v) is 9.07. The molecule has 0 spiro atoms. The van der Waals surface area contributed by atoms with Gasteiger partial charge in [-0.05, 0) is 66.6 Å². The Labute approximate surface area is 206 Å². The second-order valence-electron chi connectivity index (χ2n) is 9.07. The third kappa shape index (κ3) is 5.91. The molecule has 5 rings (SSSR count). The van der Waals surface area contributed by atoms with E-state index in [4.69, 9.17) is 4.74 Å². The standard InChI is InChI=1S/C30H28N2O3/c33-29(31-27-16-17-27)25-14-12-24(13-15-25)26-9-4-8-22(20-26)11-18-28-10-5-19-32(28)30(34)35-21-23-6-2-1-3-7-23/h1-4,6-9,12-15,20,27-28H,5,10,16-17,19,21H2,(H,31,33)/t28-/m1/s1. The van der Waals surface area contributed by atoms with E-state index in [1.807, 2.05) is 78.9 Å². The average molecular weight is 465 g/mol. The predicted molar refractivity (Wildman–Crippen MR) is 136 cm³/mol. The van der Waals surface area contributed by atoms with E-state index < -0.39 is 0 Å². The quantitative estimate of drug-likeness (QED) is 0.515. The zero-order valence-electron chi connectivity index (χ0n) is 19.6. The zero-order valence-corrected chi connectivity index (χ0v) is 19.6. The molecular formula is C30H28N2O3. The van der Waals surface area contributed by atoms with Gasteiger partial charge in [0.2, 0.25) is 0 Å². The minimum absolute atomic E-state index is 0.0120. The molecule has 2 amide bonds. The molecule has 0 unspecified atom stereocenters. The first kappa shape index (κ1) is 22.7. The summed E-state index contributed by atoms with van der Waals surface area (Å²) in [6.07, 6.45) is 3.60. The summed E-state index contributed by atoms with van der Waals surface area (Å²) < 4.78 is 5.51. The number of ether oxygens (including phenoxy) is 1. The van der Waals surface area contributed by atoms with Gasteiger partial charge < -0.3 is 10.1 Å². The van der Waals surface area contributed by atoms with Gasteiger partial charge in [0, 0.05) is 23.7 Å². The minimum atomic E-state index is -0.315. The fourth-order valence-corrected chi connectivity index (χ4v) is 4.19. The van der Waals surface area contributed by atoms with E-state index >= 15 is 0 Å². The second kappa shape index (κ2) is 10.5. The summed E-state index contributed by atoms with van der Waals surface area (Å²) in [7, 11) is 0. The van der Waals surface area contributed by atoms with Crippen LogP contribution in [0.2, 0.25) is 0 Å². The van der Waals surface area contributed by atoms with Gasteiger partial charge in [0.1, 0.15) is 6.61 Å². The van der Waals surface area contributed by atoms with E-state index in [0.717, 1.165) is 47.9 Å². The van der Waals surface area contributed by atoms with Crippen molar-refractivity contribution < 1.29 is 14.3 Å². The van der Waals surface area contributed by atoms with Crippen molar-refractivity contribution in [1.29, 1.82) is 0 Å². The van der Waals surface area contributed by atoms with Crippen molar-refractivity contribution >= 4 is 12.0 Å². The number of carbonyl (C=O) groups excluding carboxylic acids is 2. The van der Waals surface area contributed by atoms with Crippen molar-refractivity contribution in [2.24, 2.45) is 0 Å². The van der Waals surface area contributed by atoms with Gasteiger partial charge >= 0.3 is 6.09 Å². The van der Waals surface area contributed by atoms with Crippen molar-refractivity contribution in [3.63, 3.8) is 0 Å². The third-order valence-electron chi connectivity index (χ3n) is 6.33. The van der Waals surface area contributed by atoms with Gasteiger partial charge in [-0.1, -0.05) is 66.4 Å². The monoisotopic (exact) mass is 464 g/mol. The maximum atomic E-state index is 12.6. The van der Waals surface area contributed by atoms with E-state index in [1.54, 1.807) is 4.90 Å². The number of rotatable bonds is 5. The molecule has 1 N–H and O–H groups in total. The molecule has 1 saturated carbocycles. The number of amides is 2. The van der Waals surface area contributed by atoms with E-state index in [1.165, 1.54) is 0 Å². The van der Waals surface area contributed by atoms with Gasteiger partial charge in [0.25, 0.3) is 5.91 Å². The largest absolute Gasteiger partial charge is 0.445 e. The highest BCUT2D eigenvalue weighted by Crippen LogP contribution is 2.23. The van der Waals surface area contributed by atoms with E-state index in [0.29, 0.717) is 18.2 Å². The van der Waals surface area contributed by atoms with Gasteiger partial charge in [-0.25, -0.2) is 4.79 Å². The molecule has 2 aliphatic rings. The molecule has 2 fully saturated rings. The summed E-state index contributed by atoms with van der Waals surface area (Å²) in [6.45, 7) is 0.924. The van der Waals surface area contributed by atoms with Gasteiger partial charge in [0.15, 0.2) is 0 Å². The van der Waals surface area contributed by atoms with Crippen LogP contribution in [0.25, 0.3) is 11.1 Å². The maximum absolute atomic E-state index is 12.6. The molecule has 5 nitrogen and oxygen atoms in total. The first-order chi connectivity index (χ1) is 17.2. The van der Waals surface area contributed by atoms with Crippen molar-refractivity contribution in [3.05, 3.63) is 95.6 Å². The highest BCUT2D eigenvalue weighted by atomic mass is 16.6. The number of benzene rings is 3. The summed E-state index contributed by atoms with van der Waals surface area (Å²) >= 11 is 0. The highest BCUT2D eigenvalue weighted by Gasteiger charge is 2.28. The first-order valence-corrected chi connectivity index (χ1v) is 12.2. The lowest BCUT2D eigenvalue weighted by Gasteiger charge is -2.20. The molecule has 0 bridgehead atoms. The van der Waals surface area contributed by atoms with E-state index in [9.17, 15) is 9.59 Å². The number of likely N-dealkylation sites (tertiary alicyclic amines) is 1. The molecule has 3 aromatic carbocycles. The van der Waals surface area contributed by atoms with Crippen molar-refractivity contribution in [2.75, 3.05) is 6.54 Å². The summed E-state index contributed by atoms with van der Waals surface area (Å²) in [4.78, 5) is 26.6. The van der Waals surface area contributed by atoms with Crippen LogP contribution in [0.15, 0.2) is 78.9 Å². The highest BCUT2D eigenvalue weighted by molar-refractivity contribution is 5.95. The molecule has 0 aromatic heterocycles. The Bertz CT molecular complexity index is 1250. The molecule has 1 saturated heterocycles. The predicted octanol–water partition coefficient (Wildman–Crippen LogP) is 5.40. The van der Waals surface area contributed by atoms with Crippen LogP contribution in [0.1, 0.15) is 47.2 Å². The Hall–Kier alpha value is -4.04. The summed E-state index contributed by atoms with van der Waals surface area (Å²) in [5, 5.41) is 3.02. The zero-order chi connectivity index (χ0) is 24.0. The molecular weight excluding hydrogens is 436 g/mol. The summed E-state index contributed by atoms with van der Waals surface area (Å²) in [5.41, 5.74) is 4.61. The SMILES string of the molecule is O=C(NC1CC1)c1ccc(-c2cccc(C#C[C@H]3CCCN3C(=O)OCc3ccccc3)c2)cc1. The maximum Gasteiger partial charge on any atom is 0.411 e. The number of hydrogen-bond acceptors (Lipinski definition) is 3. The Morgan fingerprint density at radius 2 is 1.71 bits per heavy atom. The lowest BCUT2D eigenvalue weighted by Crippen LogP contribution is -2.35. The number of hydrogen-bond donors (Lipinski definition) is 1. The molecule has 1 atom stereocenters. The van der Waals surface area contributed by atoms with Crippen LogP contribution in [0, 0.1) is 11.8 Å². The summed E-state index contributed by atoms with van der Waals surface area (Å²) in [6, 6.07) is 25.6. The number of nitrogens with zero attached hydrogens (tertiary/aromatic N) is 1. The third-order valence-corrected chi connectivity index (χ3v) is 6.33. The molecule has 176 valence electrons. The molecule has 3 aromatic rings. The summed E-state index contributed by atoms with van der Waals surface area (Å²) in [5.74, 6) is 6.51. The smallest absolute Gasteiger partial charge is 0.411 e. The van der Waals surface area contributed by atoms with Crippen LogP contribution in [0.5, 0.6) is 0 Å². The molecule has 35 heavy (non-hydrogen) atoms. The molecule has 1 heterocycles. The minimum Gasteiger partial charge on any atom is -0.445 e. The van der Waals surface area contributed by atoms with Crippen LogP contribution in [-0.4, -0.2) is 35.5 Å². The normalized spacial score (nSPS) is 16.8. The molecule has 0 radical (unpaired) electrons. The van der Waals surface area contributed by atoms with Crippen LogP contribution < -0.4 is 5.32 Å². The van der Waals surface area contributed by atoms with Gasteiger partial charge in [-0.15, -0.1) is 0 Å². The van der Waals surface area contributed by atoms with E-state index in [-0.39, 0.29) is 24.6 Å². The Morgan fingerprint density at radius 1 is 0.914 bits per heavy atom. The Morgan fingerprint density at radius 3 is 2.49 bits per heavy atom. The molecule has 1 aliphatic carbocycles. The van der Waals surface area contributed by atoms with Crippen molar-refractivity contribution in [3.8, 4) is 23.0 Å². The Kier molecular flexibility index (Phi) is 6.81. The van der Waals surface area contributed by atoms with Gasteiger partial charge in [-0.3, -0.25) is 9.69 Å². The lowest BCUT2D eigenvalue weighted by molar-refractivity contribution is 0.0949. The molecule has 5 heteroatoms. The number of carbonyl (C=O) groups is 2. The van der Waals surface area contributed by atoms with Crippen LogP contribution in [-0.2, 0) is 11.3 Å². The lowest BCUT2D eigenvalue weighted by atomic mass is 10.0. The van der Waals surface area contributed by atoms with Crippen LogP contribution in [0.4, 0.5) is 4.79 Å². The number of nitrogens with one attached hydrogen (secondary N) is 1. The van der Waals surface area contributed by atoms with Crippen molar-refractivity contribution in [1.82, 2.24) is 10.2 Å². The average Bonchev–Trinajstić information content (AvgIpc) is 3.59. The van der Waals surface area contributed by atoms with Crippen molar-refractivity contribution in [2.45, 2.75) is 44.4 Å². The fourth-order valence-electron chi connectivity index (χ4n) is 4.19. The topological polar surface area (TPSA) is 58.6 Å². The first-order valence-electron chi connectivity index (χ1n) is 12.2. The van der Waals surface area contributed by atoms with Gasteiger partial charge in [-0.2, -0.15) is 0 Å². The van der Waals surface area contributed by atoms with Crippen LogP contribution in [0.3, 0.4) is 0 Å². The Balaban J connectivity index is 1.23. The molecule has 1 aliphatic heterocycles. The van der Waals surface area contributed by atoms with Crippen LogP contribution >= 0.6 is 0 Å². The fraction of sp³-hybridized carbons (Fsp3) is 0.267.